The van der Waals surface area contributed by atoms with Gasteiger partial charge in [-0.1, -0.05) is 0 Å². The van der Waals surface area contributed by atoms with Crippen LogP contribution < -0.4 is 5.32 Å². The lowest BCUT2D eigenvalue weighted by atomic mass is 10.4. The molecule has 1 aromatic rings. The first-order valence-corrected chi connectivity index (χ1v) is 5.23. The lowest BCUT2D eigenvalue weighted by Crippen LogP contribution is -2.26. The predicted octanol–water partition coefficient (Wildman–Crippen LogP) is 1.16. The highest BCUT2D eigenvalue weighted by Crippen LogP contribution is 2.00. The number of nitrogens with zero attached hydrogens (tertiary/aromatic N) is 2. The van der Waals surface area contributed by atoms with Crippen molar-refractivity contribution in [3.8, 4) is 0 Å². The van der Waals surface area contributed by atoms with E-state index in [0.29, 0.717) is 0 Å². The van der Waals surface area contributed by atoms with E-state index < -0.39 is 0 Å². The summed E-state index contributed by atoms with van der Waals surface area (Å²) >= 11 is 0. The maximum Gasteiger partial charge on any atom is 0.0359 e. The molecule has 0 radical (unpaired) electrons. The molecule has 1 rings (SSSR count). The van der Waals surface area contributed by atoms with Crippen molar-refractivity contribution in [1.82, 2.24) is 14.8 Å². The molecule has 0 saturated carbocycles. The van der Waals surface area contributed by atoms with E-state index in [2.05, 4.69) is 54.1 Å². The van der Waals surface area contributed by atoms with Crippen molar-refractivity contribution in [2.45, 2.75) is 20.0 Å². The van der Waals surface area contributed by atoms with Gasteiger partial charge in [-0.3, -0.25) is 0 Å². The molecule has 0 aliphatic rings. The molecule has 0 aromatic carbocycles. The predicted molar refractivity (Wildman–Crippen MR) is 60.4 cm³/mol. The summed E-state index contributed by atoms with van der Waals surface area (Å²) < 4.78 is 2.27. The third-order valence-corrected chi connectivity index (χ3v) is 2.31. The van der Waals surface area contributed by atoms with E-state index in [1.807, 2.05) is 0 Å². The summed E-state index contributed by atoms with van der Waals surface area (Å²) in [5.41, 5.74) is 1.37. The standard InChI is InChI=1S/C11H21N3/c1-4-14-8-5-6-11(14)10-12-7-9-13(2)3/h5-6,8,12H,4,7,9-10H2,1-3H3. The van der Waals surface area contributed by atoms with E-state index in [-0.39, 0.29) is 0 Å². The van der Waals surface area contributed by atoms with Gasteiger partial charge in [0.05, 0.1) is 0 Å². The smallest absolute Gasteiger partial charge is 0.0359 e. The number of aromatic nitrogens is 1. The van der Waals surface area contributed by atoms with Crippen molar-refractivity contribution in [2.75, 3.05) is 27.2 Å². The molecule has 0 spiro atoms. The summed E-state index contributed by atoms with van der Waals surface area (Å²) in [5.74, 6) is 0. The van der Waals surface area contributed by atoms with Gasteiger partial charge in [-0.05, 0) is 33.2 Å². The van der Waals surface area contributed by atoms with Gasteiger partial charge in [0.1, 0.15) is 0 Å². The quantitative estimate of drug-likeness (QED) is 0.687. The zero-order valence-corrected chi connectivity index (χ0v) is 9.45. The molecule has 14 heavy (non-hydrogen) atoms. The minimum Gasteiger partial charge on any atom is -0.351 e. The Morgan fingerprint density at radius 3 is 2.86 bits per heavy atom. The molecule has 0 atom stereocenters. The van der Waals surface area contributed by atoms with Crippen molar-refractivity contribution in [3.63, 3.8) is 0 Å². The molecule has 0 amide bonds. The maximum atomic E-state index is 3.43. The fraction of sp³-hybridized carbons (Fsp3) is 0.636. The van der Waals surface area contributed by atoms with E-state index in [4.69, 9.17) is 0 Å². The second kappa shape index (κ2) is 5.83. The van der Waals surface area contributed by atoms with Gasteiger partial charge in [0, 0.05) is 38.1 Å². The van der Waals surface area contributed by atoms with Crippen molar-refractivity contribution >= 4 is 0 Å². The summed E-state index contributed by atoms with van der Waals surface area (Å²) in [5, 5.41) is 3.43. The Morgan fingerprint density at radius 2 is 2.21 bits per heavy atom. The molecule has 1 N–H and O–H groups in total. The molecule has 0 aliphatic heterocycles. The first-order valence-electron chi connectivity index (χ1n) is 5.23. The van der Waals surface area contributed by atoms with Crippen molar-refractivity contribution in [3.05, 3.63) is 24.0 Å². The molecule has 0 unspecified atom stereocenters. The summed E-state index contributed by atoms with van der Waals surface area (Å²) in [6.07, 6.45) is 2.13. The Bertz CT molecular complexity index is 253. The molecule has 80 valence electrons. The van der Waals surface area contributed by atoms with Gasteiger partial charge in [0.15, 0.2) is 0 Å². The number of hydrogen-bond acceptors (Lipinski definition) is 2. The average molecular weight is 195 g/mol. The van der Waals surface area contributed by atoms with Crippen LogP contribution in [-0.2, 0) is 13.1 Å². The van der Waals surface area contributed by atoms with E-state index >= 15 is 0 Å². The first kappa shape index (κ1) is 11.3. The van der Waals surface area contributed by atoms with Crippen LogP contribution >= 0.6 is 0 Å². The Balaban J connectivity index is 2.24. The topological polar surface area (TPSA) is 20.2 Å². The Labute approximate surface area is 86.7 Å². The number of hydrogen-bond donors (Lipinski definition) is 1. The SMILES string of the molecule is CCn1cccc1CNCCN(C)C. The van der Waals surface area contributed by atoms with Gasteiger partial charge in [0.25, 0.3) is 0 Å². The van der Waals surface area contributed by atoms with Gasteiger partial charge in [-0.2, -0.15) is 0 Å². The number of likely N-dealkylation sites (N-methyl/N-ethyl adjacent to an activating group) is 1. The minimum atomic E-state index is 0.967. The van der Waals surface area contributed by atoms with Crippen LogP contribution in [0.15, 0.2) is 18.3 Å². The largest absolute Gasteiger partial charge is 0.351 e. The number of nitrogens with one attached hydrogen (secondary N) is 1. The van der Waals surface area contributed by atoms with Crippen LogP contribution in [-0.4, -0.2) is 36.7 Å². The van der Waals surface area contributed by atoms with Crippen molar-refractivity contribution in [1.29, 1.82) is 0 Å². The molecule has 3 heteroatoms. The van der Waals surface area contributed by atoms with Crippen LogP contribution in [0.2, 0.25) is 0 Å². The molecule has 0 aliphatic carbocycles. The summed E-state index contributed by atoms with van der Waals surface area (Å²) in [6, 6.07) is 4.28. The van der Waals surface area contributed by atoms with Crippen LogP contribution in [0.3, 0.4) is 0 Å². The van der Waals surface area contributed by atoms with Gasteiger partial charge in [-0.25, -0.2) is 0 Å². The van der Waals surface area contributed by atoms with Crippen molar-refractivity contribution in [2.24, 2.45) is 0 Å². The zero-order chi connectivity index (χ0) is 10.4. The Hall–Kier alpha value is -0.800. The van der Waals surface area contributed by atoms with Crippen LogP contribution in [0.5, 0.6) is 0 Å². The molecule has 0 fully saturated rings. The fourth-order valence-corrected chi connectivity index (χ4v) is 1.44. The van der Waals surface area contributed by atoms with Gasteiger partial charge in [0.2, 0.25) is 0 Å². The Kier molecular flexibility index (Phi) is 4.70. The second-order valence-electron chi connectivity index (χ2n) is 3.77. The molecule has 1 aromatic heterocycles. The molecule has 3 nitrogen and oxygen atoms in total. The number of aryl methyl sites for hydroxylation is 1. The summed E-state index contributed by atoms with van der Waals surface area (Å²) in [4.78, 5) is 2.19. The first-order chi connectivity index (χ1) is 6.74. The summed E-state index contributed by atoms with van der Waals surface area (Å²) in [6.45, 7) is 6.32. The highest BCUT2D eigenvalue weighted by molar-refractivity contribution is 5.06. The maximum absolute atomic E-state index is 3.43. The highest BCUT2D eigenvalue weighted by atomic mass is 15.1. The van der Waals surface area contributed by atoms with E-state index in [0.717, 1.165) is 26.2 Å². The molecule has 1 heterocycles. The van der Waals surface area contributed by atoms with Gasteiger partial charge >= 0.3 is 0 Å². The monoisotopic (exact) mass is 195 g/mol. The third kappa shape index (κ3) is 3.52. The Morgan fingerprint density at radius 1 is 1.43 bits per heavy atom. The van der Waals surface area contributed by atoms with E-state index in [1.165, 1.54) is 5.69 Å². The van der Waals surface area contributed by atoms with E-state index in [9.17, 15) is 0 Å². The van der Waals surface area contributed by atoms with Crippen LogP contribution in [0, 0.1) is 0 Å². The summed E-state index contributed by atoms with van der Waals surface area (Å²) in [7, 11) is 4.19. The second-order valence-corrected chi connectivity index (χ2v) is 3.77. The molecule has 0 saturated heterocycles. The average Bonchev–Trinajstić information content (AvgIpc) is 2.59. The van der Waals surface area contributed by atoms with Crippen LogP contribution in [0.1, 0.15) is 12.6 Å². The van der Waals surface area contributed by atoms with E-state index in [1.54, 1.807) is 0 Å². The fourth-order valence-electron chi connectivity index (χ4n) is 1.44. The molecule has 0 bridgehead atoms. The van der Waals surface area contributed by atoms with Gasteiger partial charge in [-0.15, -0.1) is 0 Å². The minimum absolute atomic E-state index is 0.967. The van der Waals surface area contributed by atoms with Crippen LogP contribution in [0.4, 0.5) is 0 Å². The molecular weight excluding hydrogens is 174 g/mol. The lowest BCUT2D eigenvalue weighted by Gasteiger charge is -2.11. The third-order valence-electron chi connectivity index (χ3n) is 2.31. The van der Waals surface area contributed by atoms with Gasteiger partial charge < -0.3 is 14.8 Å². The molecular formula is C11H21N3. The lowest BCUT2D eigenvalue weighted by molar-refractivity contribution is 0.398. The number of rotatable bonds is 6. The normalized spacial score (nSPS) is 11.1. The highest BCUT2D eigenvalue weighted by Gasteiger charge is 1.97. The van der Waals surface area contributed by atoms with Crippen LogP contribution in [0.25, 0.3) is 0 Å². The zero-order valence-electron chi connectivity index (χ0n) is 9.45. The van der Waals surface area contributed by atoms with Crippen molar-refractivity contribution < 1.29 is 0 Å².